The first-order valence-electron chi connectivity index (χ1n) is 6.78. The Hall–Kier alpha value is -2.34. The molecule has 0 spiro atoms. The summed E-state index contributed by atoms with van der Waals surface area (Å²) in [6.45, 7) is 0. The van der Waals surface area contributed by atoms with Gasteiger partial charge in [0.05, 0.1) is 0 Å². The molecule has 1 aliphatic carbocycles. The largest absolute Gasteiger partial charge is 0.0722 e. The van der Waals surface area contributed by atoms with Gasteiger partial charge in [0, 0.05) is 0 Å². The van der Waals surface area contributed by atoms with Crippen LogP contribution in [0.25, 0.3) is 38.4 Å². The summed E-state index contributed by atoms with van der Waals surface area (Å²) in [6.07, 6.45) is 3.42. The summed E-state index contributed by atoms with van der Waals surface area (Å²) in [4.78, 5) is 0. The van der Waals surface area contributed by atoms with Crippen molar-refractivity contribution < 1.29 is 0 Å². The van der Waals surface area contributed by atoms with Crippen LogP contribution in [0.5, 0.6) is 0 Å². The van der Waals surface area contributed by atoms with Crippen LogP contribution in [0, 0.1) is 0 Å². The van der Waals surface area contributed by atoms with Crippen LogP contribution >= 0.6 is 0 Å². The van der Waals surface area contributed by atoms with Gasteiger partial charge in [0.1, 0.15) is 0 Å². The molecule has 0 amide bonds. The highest BCUT2D eigenvalue weighted by Gasteiger charge is 2.13. The van der Waals surface area contributed by atoms with Gasteiger partial charge < -0.3 is 0 Å². The monoisotopic (exact) mass is 240 g/mol. The number of hydrogen-bond acceptors (Lipinski definition) is 0. The summed E-state index contributed by atoms with van der Waals surface area (Å²) < 4.78 is 0. The minimum atomic E-state index is 1.05. The first kappa shape index (κ1) is 9.57. The number of rotatable bonds is 0. The predicted octanol–water partition coefficient (Wildman–Crippen LogP) is 4.20. The van der Waals surface area contributed by atoms with Crippen LogP contribution in [0.15, 0.2) is 54.6 Å². The fraction of sp³-hybridized carbons (Fsp3) is 0.0526. The average molecular weight is 240 g/mol. The second-order valence-electron chi connectivity index (χ2n) is 5.41. The molecule has 0 heteroatoms. The van der Waals surface area contributed by atoms with E-state index < -0.39 is 0 Å². The molecular formula is C19H12. The molecule has 0 aromatic heterocycles. The number of hydrogen-bond donors (Lipinski definition) is 0. The van der Waals surface area contributed by atoms with Gasteiger partial charge in [0.15, 0.2) is 0 Å². The highest BCUT2D eigenvalue weighted by molar-refractivity contribution is 6.22. The molecule has 5 rings (SSSR count). The van der Waals surface area contributed by atoms with Gasteiger partial charge >= 0.3 is 0 Å². The molecule has 0 fully saturated rings. The summed E-state index contributed by atoms with van der Waals surface area (Å²) in [5, 5.41) is 9.82. The van der Waals surface area contributed by atoms with Crippen molar-refractivity contribution in [1.82, 2.24) is 0 Å². The topological polar surface area (TPSA) is 0 Å². The molecule has 19 heavy (non-hydrogen) atoms. The second-order valence-corrected chi connectivity index (χ2v) is 5.41. The van der Waals surface area contributed by atoms with Gasteiger partial charge in [-0.25, -0.2) is 0 Å². The van der Waals surface area contributed by atoms with Gasteiger partial charge in [0.25, 0.3) is 0 Å². The van der Waals surface area contributed by atoms with Gasteiger partial charge in [-0.3, -0.25) is 0 Å². The lowest BCUT2D eigenvalue weighted by Gasteiger charge is -2.16. The van der Waals surface area contributed by atoms with Crippen LogP contribution < -0.4 is 5.22 Å². The van der Waals surface area contributed by atoms with Crippen LogP contribution in [0.3, 0.4) is 0 Å². The summed E-state index contributed by atoms with van der Waals surface area (Å²) in [7, 11) is 0. The van der Waals surface area contributed by atoms with Crippen LogP contribution in [-0.2, 0) is 6.42 Å². The van der Waals surface area contributed by atoms with Gasteiger partial charge in [-0.05, 0) is 55.6 Å². The van der Waals surface area contributed by atoms with E-state index in [0.29, 0.717) is 0 Å². The van der Waals surface area contributed by atoms with Crippen molar-refractivity contribution in [1.29, 1.82) is 0 Å². The van der Waals surface area contributed by atoms with E-state index in [-0.39, 0.29) is 0 Å². The van der Waals surface area contributed by atoms with E-state index in [2.05, 4.69) is 60.7 Å². The first-order chi connectivity index (χ1) is 9.42. The Morgan fingerprint density at radius 2 is 1.42 bits per heavy atom. The van der Waals surface area contributed by atoms with Crippen LogP contribution in [-0.4, -0.2) is 0 Å². The van der Waals surface area contributed by atoms with Gasteiger partial charge in [0.2, 0.25) is 0 Å². The molecule has 88 valence electrons. The van der Waals surface area contributed by atoms with Crippen LogP contribution in [0.2, 0.25) is 0 Å². The Kier molecular flexibility index (Phi) is 1.59. The van der Waals surface area contributed by atoms with E-state index in [4.69, 9.17) is 0 Å². The third-order valence-electron chi connectivity index (χ3n) is 4.40. The molecule has 0 unspecified atom stereocenters. The van der Waals surface area contributed by atoms with Crippen molar-refractivity contribution in [3.05, 3.63) is 65.4 Å². The van der Waals surface area contributed by atoms with E-state index in [1.54, 1.807) is 0 Å². The van der Waals surface area contributed by atoms with Gasteiger partial charge in [-0.15, -0.1) is 0 Å². The Bertz CT molecular complexity index is 1020. The zero-order valence-electron chi connectivity index (χ0n) is 10.5. The molecule has 0 heterocycles. The predicted molar refractivity (Wildman–Crippen MR) is 82.3 cm³/mol. The van der Waals surface area contributed by atoms with E-state index in [9.17, 15) is 0 Å². The third kappa shape index (κ3) is 1.09. The van der Waals surface area contributed by atoms with Crippen molar-refractivity contribution in [2.24, 2.45) is 0 Å². The summed E-state index contributed by atoms with van der Waals surface area (Å²) >= 11 is 0. The maximum absolute atomic E-state index is 2.36. The summed E-state index contributed by atoms with van der Waals surface area (Å²) in [5.74, 6) is 0. The maximum atomic E-state index is 2.36. The fourth-order valence-electron chi connectivity index (χ4n) is 3.59. The molecule has 0 saturated heterocycles. The van der Waals surface area contributed by atoms with Crippen molar-refractivity contribution in [3.8, 4) is 0 Å². The fourth-order valence-corrected chi connectivity index (χ4v) is 3.59. The van der Waals surface area contributed by atoms with E-state index in [1.165, 1.54) is 43.1 Å². The quantitative estimate of drug-likeness (QED) is 0.319. The maximum Gasteiger partial charge on any atom is -0.00210 e. The number of benzene rings is 4. The minimum absolute atomic E-state index is 1.05. The molecule has 0 radical (unpaired) electrons. The highest BCUT2D eigenvalue weighted by atomic mass is 14.2. The molecule has 4 aromatic carbocycles. The summed E-state index contributed by atoms with van der Waals surface area (Å²) in [6, 6.07) is 20.1. The second kappa shape index (κ2) is 3.16. The van der Waals surface area contributed by atoms with Crippen LogP contribution in [0.1, 0.15) is 5.56 Å². The SMILES string of the molecule is C1=c2ccc3cccc4cc5cccc(c5c2c34)C1. The normalized spacial score (nSPS) is 13.5. The lowest BCUT2D eigenvalue weighted by atomic mass is 9.88. The average Bonchev–Trinajstić information content (AvgIpc) is 2.47. The zero-order chi connectivity index (χ0) is 12.4. The molecule has 0 saturated carbocycles. The van der Waals surface area contributed by atoms with E-state index in [0.717, 1.165) is 6.42 Å². The Balaban J connectivity index is 2.31. The molecular weight excluding hydrogens is 228 g/mol. The van der Waals surface area contributed by atoms with E-state index >= 15 is 0 Å². The molecule has 0 bridgehead atoms. The minimum Gasteiger partial charge on any atom is -0.0722 e. The zero-order valence-corrected chi connectivity index (χ0v) is 10.5. The van der Waals surface area contributed by atoms with Crippen molar-refractivity contribution in [2.75, 3.05) is 0 Å². The molecule has 0 nitrogen and oxygen atoms in total. The molecule has 0 N–H and O–H groups in total. The Labute approximate surface area is 111 Å². The third-order valence-corrected chi connectivity index (χ3v) is 4.40. The first-order valence-corrected chi connectivity index (χ1v) is 6.78. The smallest absolute Gasteiger partial charge is 0.00210 e. The molecule has 4 aromatic rings. The standard InChI is InChI=1S/C19H12/c1-3-12-7-9-14-10-8-13-4-2-6-16-11-15(5-1)17(12)19(14)18(13)16/h1-7,9-11H,8H2. The van der Waals surface area contributed by atoms with Crippen LogP contribution in [0.4, 0.5) is 0 Å². The van der Waals surface area contributed by atoms with Crippen molar-refractivity contribution in [2.45, 2.75) is 6.42 Å². The Morgan fingerprint density at radius 1 is 0.632 bits per heavy atom. The highest BCUT2D eigenvalue weighted by Crippen LogP contribution is 2.34. The molecule has 0 aliphatic heterocycles. The molecule has 1 aliphatic rings. The lowest BCUT2D eigenvalue weighted by molar-refractivity contribution is 1.35. The lowest BCUT2D eigenvalue weighted by Crippen LogP contribution is -2.08. The summed E-state index contributed by atoms with van der Waals surface area (Å²) in [5.41, 5.74) is 1.46. The Morgan fingerprint density at radius 3 is 2.37 bits per heavy atom. The molecule has 0 atom stereocenters. The van der Waals surface area contributed by atoms with Crippen molar-refractivity contribution >= 4 is 38.4 Å². The van der Waals surface area contributed by atoms with E-state index in [1.807, 2.05) is 0 Å². The van der Waals surface area contributed by atoms with Gasteiger partial charge in [-0.1, -0.05) is 54.6 Å². The van der Waals surface area contributed by atoms with Gasteiger partial charge in [-0.2, -0.15) is 0 Å². The van der Waals surface area contributed by atoms with Crippen molar-refractivity contribution in [3.63, 3.8) is 0 Å².